The van der Waals surface area contributed by atoms with Crippen LogP contribution in [-0.2, 0) is 14.2 Å². The van der Waals surface area contributed by atoms with Crippen molar-refractivity contribution < 1.29 is 14.2 Å². The lowest BCUT2D eigenvalue weighted by atomic mass is 9.92. The van der Waals surface area contributed by atoms with Gasteiger partial charge in [-0.1, -0.05) is 0 Å². The molecule has 0 heterocycles. The van der Waals surface area contributed by atoms with Gasteiger partial charge < -0.3 is 14.2 Å². The van der Waals surface area contributed by atoms with E-state index >= 15 is 0 Å². The Kier molecular flexibility index (Phi) is 12.0. The second-order valence-corrected chi connectivity index (χ2v) is 6.11. The lowest BCUT2D eigenvalue weighted by molar-refractivity contribution is -0.101. The molecule has 0 unspecified atom stereocenters. The summed E-state index contributed by atoms with van der Waals surface area (Å²) in [7, 11) is 0. The van der Waals surface area contributed by atoms with Gasteiger partial charge >= 0.3 is 0 Å². The normalized spacial score (nSPS) is 23.1. The Morgan fingerprint density at radius 3 is 1.12 bits per heavy atom. The first-order valence-electron chi connectivity index (χ1n) is 8.95. The van der Waals surface area contributed by atoms with Gasteiger partial charge in [-0.2, -0.15) is 0 Å². The molecule has 1 saturated carbocycles. The van der Waals surface area contributed by atoms with E-state index in [1.807, 2.05) is 0 Å². The van der Waals surface area contributed by atoms with E-state index in [9.17, 15) is 0 Å². The summed E-state index contributed by atoms with van der Waals surface area (Å²) in [4.78, 5) is 0. The van der Waals surface area contributed by atoms with Crippen LogP contribution in [0.5, 0.6) is 0 Å². The summed E-state index contributed by atoms with van der Waals surface area (Å²) in [6.45, 7) is 2.09. The molecule has 0 aliphatic heterocycles. The highest BCUT2D eigenvalue weighted by molar-refractivity contribution is 4.85. The van der Waals surface area contributed by atoms with Gasteiger partial charge in [-0.15, -0.1) is 37.0 Å². The maximum atomic E-state index is 5.98. The minimum atomic E-state index is 0.173. The summed E-state index contributed by atoms with van der Waals surface area (Å²) in [5.74, 6) is 7.92. The molecule has 0 radical (unpaired) electrons. The van der Waals surface area contributed by atoms with Crippen LogP contribution in [0.3, 0.4) is 0 Å². The Bertz CT molecular complexity index is 365. The van der Waals surface area contributed by atoms with E-state index in [0.717, 1.165) is 57.8 Å². The van der Waals surface area contributed by atoms with Crippen LogP contribution in [0, 0.1) is 37.0 Å². The maximum absolute atomic E-state index is 5.98. The van der Waals surface area contributed by atoms with Gasteiger partial charge in [-0.3, -0.25) is 0 Å². The number of unbranched alkanes of at least 4 members (excludes halogenated alkanes) is 3. The Labute approximate surface area is 147 Å². The smallest absolute Gasteiger partial charge is 0.0624 e. The van der Waals surface area contributed by atoms with Gasteiger partial charge in [0.05, 0.1) is 18.3 Å². The van der Waals surface area contributed by atoms with Crippen LogP contribution in [0.15, 0.2) is 0 Å². The van der Waals surface area contributed by atoms with E-state index in [2.05, 4.69) is 17.8 Å². The van der Waals surface area contributed by atoms with E-state index in [-0.39, 0.29) is 18.3 Å². The number of ether oxygens (including phenoxy) is 3. The zero-order chi connectivity index (χ0) is 17.5. The van der Waals surface area contributed by atoms with Crippen molar-refractivity contribution >= 4 is 0 Å². The molecule has 1 rings (SSSR count). The van der Waals surface area contributed by atoms with Crippen LogP contribution in [0.1, 0.15) is 57.8 Å². The molecule has 0 spiro atoms. The summed E-state index contributed by atoms with van der Waals surface area (Å²) in [5.41, 5.74) is 0. The SMILES string of the molecule is C#CCCCO[C@H]1C[C@@H](OCCCC#C)C[C@@H](OCCCC#C)C1. The van der Waals surface area contributed by atoms with E-state index in [4.69, 9.17) is 33.5 Å². The Balaban J connectivity index is 2.38. The highest BCUT2D eigenvalue weighted by atomic mass is 16.5. The zero-order valence-corrected chi connectivity index (χ0v) is 14.7. The summed E-state index contributed by atoms with van der Waals surface area (Å²) in [6, 6.07) is 0. The molecular formula is C21H30O3. The quantitative estimate of drug-likeness (QED) is 0.404. The first kappa shape index (κ1) is 20.6. The van der Waals surface area contributed by atoms with Gasteiger partial charge in [0.2, 0.25) is 0 Å². The van der Waals surface area contributed by atoms with Crippen LogP contribution in [0.2, 0.25) is 0 Å². The van der Waals surface area contributed by atoms with E-state index in [0.29, 0.717) is 19.8 Å². The maximum Gasteiger partial charge on any atom is 0.0624 e. The van der Waals surface area contributed by atoms with Crippen molar-refractivity contribution in [2.75, 3.05) is 19.8 Å². The van der Waals surface area contributed by atoms with Crippen molar-refractivity contribution in [1.82, 2.24) is 0 Å². The van der Waals surface area contributed by atoms with Gasteiger partial charge in [0.15, 0.2) is 0 Å². The standard InChI is InChI=1S/C21H30O3/c1-4-7-10-13-22-19-16-20(23-14-11-8-5-2)18-21(17-19)24-15-12-9-6-3/h1-3,19-21H,7-18H2/t19-,20+,21-. The molecule has 1 aliphatic rings. The molecule has 0 aromatic heterocycles. The molecule has 0 atom stereocenters. The second kappa shape index (κ2) is 13.9. The monoisotopic (exact) mass is 330 g/mol. The second-order valence-electron chi connectivity index (χ2n) is 6.11. The largest absolute Gasteiger partial charge is 0.378 e. The van der Waals surface area contributed by atoms with Gasteiger partial charge in [-0.25, -0.2) is 0 Å². The van der Waals surface area contributed by atoms with Crippen molar-refractivity contribution in [1.29, 1.82) is 0 Å². The molecule has 0 N–H and O–H groups in total. The molecule has 0 saturated heterocycles. The Hall–Kier alpha value is -1.44. The molecule has 1 fully saturated rings. The highest BCUT2D eigenvalue weighted by Crippen LogP contribution is 2.27. The molecular weight excluding hydrogens is 300 g/mol. The van der Waals surface area contributed by atoms with Crippen molar-refractivity contribution in [3.8, 4) is 37.0 Å². The van der Waals surface area contributed by atoms with Crippen molar-refractivity contribution in [3.63, 3.8) is 0 Å². The molecule has 0 aromatic rings. The molecule has 0 aromatic carbocycles. The first-order valence-corrected chi connectivity index (χ1v) is 8.95. The molecule has 3 heteroatoms. The summed E-state index contributed by atoms with van der Waals surface area (Å²) in [6.07, 6.45) is 24.0. The number of rotatable bonds is 12. The minimum Gasteiger partial charge on any atom is -0.378 e. The highest BCUT2D eigenvalue weighted by Gasteiger charge is 2.30. The molecule has 1 aliphatic carbocycles. The van der Waals surface area contributed by atoms with Crippen LogP contribution in [0.4, 0.5) is 0 Å². The molecule has 0 amide bonds. The van der Waals surface area contributed by atoms with Crippen LogP contribution >= 0.6 is 0 Å². The van der Waals surface area contributed by atoms with E-state index < -0.39 is 0 Å². The predicted octanol–water partition coefficient (Wildman–Crippen LogP) is 3.57. The van der Waals surface area contributed by atoms with Crippen molar-refractivity contribution in [2.45, 2.75) is 76.1 Å². The van der Waals surface area contributed by atoms with E-state index in [1.54, 1.807) is 0 Å². The fourth-order valence-corrected chi connectivity index (χ4v) is 2.85. The summed E-state index contributed by atoms with van der Waals surface area (Å²) in [5, 5.41) is 0. The van der Waals surface area contributed by atoms with Gasteiger partial charge in [-0.05, 0) is 38.5 Å². The fraction of sp³-hybridized carbons (Fsp3) is 0.714. The molecule has 24 heavy (non-hydrogen) atoms. The Morgan fingerprint density at radius 1 is 0.583 bits per heavy atom. The predicted molar refractivity (Wildman–Crippen MR) is 97.3 cm³/mol. The third-order valence-electron chi connectivity index (χ3n) is 4.03. The Morgan fingerprint density at radius 2 is 0.875 bits per heavy atom. The first-order chi connectivity index (χ1) is 11.8. The summed E-state index contributed by atoms with van der Waals surface area (Å²) >= 11 is 0. The topological polar surface area (TPSA) is 27.7 Å². The molecule has 132 valence electrons. The third-order valence-corrected chi connectivity index (χ3v) is 4.03. The number of hydrogen-bond acceptors (Lipinski definition) is 3. The summed E-state index contributed by atoms with van der Waals surface area (Å²) < 4.78 is 17.9. The van der Waals surface area contributed by atoms with Crippen molar-refractivity contribution in [2.24, 2.45) is 0 Å². The number of hydrogen-bond donors (Lipinski definition) is 0. The lowest BCUT2D eigenvalue weighted by Crippen LogP contribution is -2.37. The average Bonchev–Trinajstić information content (AvgIpc) is 2.59. The van der Waals surface area contributed by atoms with Crippen LogP contribution in [-0.4, -0.2) is 38.1 Å². The van der Waals surface area contributed by atoms with Gasteiger partial charge in [0.1, 0.15) is 0 Å². The minimum absolute atomic E-state index is 0.173. The zero-order valence-electron chi connectivity index (χ0n) is 14.7. The lowest BCUT2D eigenvalue weighted by Gasteiger charge is -2.34. The van der Waals surface area contributed by atoms with Crippen LogP contribution < -0.4 is 0 Å². The number of terminal acetylenes is 3. The van der Waals surface area contributed by atoms with E-state index in [1.165, 1.54) is 0 Å². The molecule has 3 nitrogen and oxygen atoms in total. The fourth-order valence-electron chi connectivity index (χ4n) is 2.85. The van der Waals surface area contributed by atoms with Crippen LogP contribution in [0.25, 0.3) is 0 Å². The van der Waals surface area contributed by atoms with Crippen molar-refractivity contribution in [3.05, 3.63) is 0 Å². The third kappa shape index (κ3) is 9.64. The van der Waals surface area contributed by atoms with Gasteiger partial charge in [0, 0.05) is 39.1 Å². The van der Waals surface area contributed by atoms with Gasteiger partial charge in [0.25, 0.3) is 0 Å². The molecule has 0 bridgehead atoms. The average molecular weight is 330 g/mol.